The minimum atomic E-state index is -1.22. The highest BCUT2D eigenvalue weighted by atomic mass is 16.6. The third-order valence-corrected chi connectivity index (χ3v) is 5.09. The third kappa shape index (κ3) is 16.6. The van der Waals surface area contributed by atoms with E-state index >= 15 is 0 Å². The number of amides is 3. The van der Waals surface area contributed by atoms with Gasteiger partial charge in [0.05, 0.1) is 51.3 Å². The Morgan fingerprint density at radius 1 is 1.08 bits per heavy atom. The van der Waals surface area contributed by atoms with Crippen LogP contribution < -0.4 is 21.7 Å². The Bertz CT molecular complexity index is 780. The van der Waals surface area contributed by atoms with E-state index in [0.29, 0.717) is 51.4 Å². The van der Waals surface area contributed by atoms with Crippen LogP contribution in [0, 0.1) is 0 Å². The minimum absolute atomic E-state index is 0.0667. The molecule has 0 spiro atoms. The maximum atomic E-state index is 11.9. The average molecular weight is 532 g/mol. The summed E-state index contributed by atoms with van der Waals surface area (Å²) in [6, 6.07) is -0.353. The molecule has 0 aliphatic rings. The second kappa shape index (κ2) is 20.4. The number of nitrogens with one attached hydrogen (secondary N) is 3. The molecule has 1 aromatic rings. The number of aryl methyl sites for hydroxylation is 1. The van der Waals surface area contributed by atoms with Crippen molar-refractivity contribution < 1.29 is 38.8 Å². The fourth-order valence-corrected chi connectivity index (χ4v) is 3.06. The topological polar surface area (TPSA) is 212 Å². The molecule has 0 unspecified atom stereocenters. The second-order valence-electron chi connectivity index (χ2n) is 8.09. The molecule has 15 heteroatoms. The van der Waals surface area contributed by atoms with Gasteiger partial charge in [-0.25, -0.2) is 4.68 Å². The largest absolute Gasteiger partial charge is 0.391 e. The fraction of sp³-hybridized carbons (Fsp3) is 0.773. The first-order valence-electron chi connectivity index (χ1n) is 12.3. The highest BCUT2D eigenvalue weighted by molar-refractivity contribution is 5.79. The maximum Gasteiger partial charge on any atom is 0.245 e. The van der Waals surface area contributed by atoms with Gasteiger partial charge in [0.15, 0.2) is 6.29 Å². The van der Waals surface area contributed by atoms with Gasteiger partial charge >= 0.3 is 0 Å². The zero-order chi connectivity index (χ0) is 27.3. The van der Waals surface area contributed by atoms with Gasteiger partial charge in [0.1, 0.15) is 6.61 Å². The van der Waals surface area contributed by atoms with Gasteiger partial charge in [-0.2, -0.15) is 0 Å². The monoisotopic (exact) mass is 531 g/mol. The maximum absolute atomic E-state index is 11.9. The molecule has 1 aromatic heterocycles. The first-order valence-corrected chi connectivity index (χ1v) is 12.3. The Morgan fingerprint density at radius 2 is 1.84 bits per heavy atom. The van der Waals surface area contributed by atoms with Crippen molar-refractivity contribution in [1.82, 2.24) is 30.9 Å². The van der Waals surface area contributed by atoms with Crippen molar-refractivity contribution in [1.29, 1.82) is 0 Å². The van der Waals surface area contributed by atoms with Crippen molar-refractivity contribution in [2.24, 2.45) is 5.73 Å². The van der Waals surface area contributed by atoms with Crippen LogP contribution in [0.3, 0.4) is 0 Å². The molecule has 7 N–H and O–H groups in total. The van der Waals surface area contributed by atoms with Gasteiger partial charge < -0.3 is 46.1 Å². The lowest BCUT2D eigenvalue weighted by Gasteiger charge is -2.12. The van der Waals surface area contributed by atoms with E-state index < -0.39 is 12.9 Å². The molecule has 0 aliphatic heterocycles. The second-order valence-corrected chi connectivity index (χ2v) is 8.09. The van der Waals surface area contributed by atoms with Crippen LogP contribution in [-0.2, 0) is 41.6 Å². The lowest BCUT2D eigenvalue weighted by Crippen LogP contribution is -2.39. The summed E-state index contributed by atoms with van der Waals surface area (Å²) >= 11 is 0. The third-order valence-electron chi connectivity index (χ3n) is 5.09. The number of aliphatic hydroxyl groups is 2. The number of nitrogens with two attached hydrogens (primary N) is 1. The highest BCUT2D eigenvalue weighted by Crippen LogP contribution is 2.00. The van der Waals surface area contributed by atoms with Crippen LogP contribution in [0.15, 0.2) is 6.20 Å². The Hall–Kier alpha value is -2.69. The molecule has 0 saturated carbocycles. The Morgan fingerprint density at radius 3 is 2.57 bits per heavy atom. The molecule has 0 fully saturated rings. The number of nitrogens with zero attached hydrogens (tertiary/aromatic N) is 3. The zero-order valence-corrected chi connectivity index (χ0v) is 21.4. The van der Waals surface area contributed by atoms with Crippen molar-refractivity contribution in [2.75, 3.05) is 59.8 Å². The SMILES string of the molecule is CN[C@@H](CCCCNC(=O)COCCOCCNC(=O)CCc1cn(CCO[C@H](O)CO)nn1)C(N)=O. The van der Waals surface area contributed by atoms with Crippen molar-refractivity contribution in [3.05, 3.63) is 11.9 Å². The van der Waals surface area contributed by atoms with E-state index in [2.05, 4.69) is 26.3 Å². The molecule has 0 bridgehead atoms. The molecule has 1 rings (SSSR count). The van der Waals surface area contributed by atoms with Gasteiger partial charge in [0.25, 0.3) is 0 Å². The quantitative estimate of drug-likeness (QED) is 0.0620. The number of ether oxygens (including phenoxy) is 3. The van der Waals surface area contributed by atoms with Crippen molar-refractivity contribution in [2.45, 2.75) is 51.0 Å². The van der Waals surface area contributed by atoms with Crippen molar-refractivity contribution in [3.63, 3.8) is 0 Å². The molecule has 212 valence electrons. The van der Waals surface area contributed by atoms with E-state index in [4.69, 9.17) is 30.2 Å². The fourth-order valence-electron chi connectivity index (χ4n) is 3.06. The van der Waals surface area contributed by atoms with E-state index in [1.807, 2.05) is 0 Å². The smallest absolute Gasteiger partial charge is 0.245 e. The average Bonchev–Trinajstić information content (AvgIpc) is 3.33. The van der Waals surface area contributed by atoms with Crippen LogP contribution in [0.25, 0.3) is 0 Å². The van der Waals surface area contributed by atoms with Crippen LogP contribution in [0.1, 0.15) is 31.4 Å². The van der Waals surface area contributed by atoms with Crippen LogP contribution in [0.5, 0.6) is 0 Å². The number of aliphatic hydroxyl groups excluding tert-OH is 2. The standard InChI is InChI=1S/C22H41N7O8/c1-24-18(22(23)34)4-2-3-7-25-20(32)16-36-13-12-35-10-8-26-19(31)6-5-17-14-29(28-27-17)9-11-37-21(33)15-30/h14,18,21,24,30,33H,2-13,15-16H2,1H3,(H2,23,34)(H,25,32)(H,26,31)/t18-,21-/m0/s1. The van der Waals surface area contributed by atoms with E-state index in [1.54, 1.807) is 13.2 Å². The predicted octanol–water partition coefficient (Wildman–Crippen LogP) is -2.95. The van der Waals surface area contributed by atoms with Gasteiger partial charge in [-0.05, 0) is 26.3 Å². The van der Waals surface area contributed by atoms with Crippen molar-refractivity contribution in [3.8, 4) is 0 Å². The van der Waals surface area contributed by atoms with E-state index in [9.17, 15) is 14.4 Å². The molecular weight excluding hydrogens is 490 g/mol. The van der Waals surface area contributed by atoms with E-state index in [0.717, 1.165) is 12.8 Å². The first-order chi connectivity index (χ1) is 17.8. The molecule has 0 radical (unpaired) electrons. The van der Waals surface area contributed by atoms with Gasteiger partial charge in [-0.3, -0.25) is 14.4 Å². The number of carbonyl (C=O) groups is 3. The number of carbonyl (C=O) groups excluding carboxylic acids is 3. The van der Waals surface area contributed by atoms with E-state index in [1.165, 1.54) is 4.68 Å². The number of rotatable bonds is 23. The number of hydrogen-bond acceptors (Lipinski definition) is 11. The summed E-state index contributed by atoms with van der Waals surface area (Å²) in [5.74, 6) is -0.748. The number of hydrogen-bond donors (Lipinski definition) is 6. The Kier molecular flexibility index (Phi) is 17.8. The minimum Gasteiger partial charge on any atom is -0.391 e. The van der Waals surface area contributed by atoms with Crippen LogP contribution >= 0.6 is 0 Å². The summed E-state index contributed by atoms with van der Waals surface area (Å²) in [5, 5.41) is 34.0. The zero-order valence-electron chi connectivity index (χ0n) is 21.4. The molecule has 3 amide bonds. The number of likely N-dealkylation sites (N-methyl/N-ethyl adjacent to an activating group) is 1. The summed E-state index contributed by atoms with van der Waals surface area (Å²) in [5.41, 5.74) is 5.90. The molecule has 37 heavy (non-hydrogen) atoms. The van der Waals surface area contributed by atoms with Gasteiger partial charge in [0, 0.05) is 32.1 Å². The molecule has 1 heterocycles. The van der Waals surface area contributed by atoms with Crippen molar-refractivity contribution >= 4 is 17.7 Å². The van der Waals surface area contributed by atoms with Crippen LogP contribution in [-0.4, -0.2) is 115 Å². The molecular formula is C22H41N7O8. The van der Waals surface area contributed by atoms with Crippen LogP contribution in [0.4, 0.5) is 0 Å². The van der Waals surface area contributed by atoms with Gasteiger partial charge in [-0.1, -0.05) is 5.21 Å². The molecule has 0 saturated heterocycles. The van der Waals surface area contributed by atoms with E-state index in [-0.39, 0.29) is 50.0 Å². The molecule has 0 aromatic carbocycles. The molecule has 2 atom stereocenters. The molecule has 0 aliphatic carbocycles. The van der Waals surface area contributed by atoms with Gasteiger partial charge in [-0.15, -0.1) is 5.10 Å². The normalized spacial score (nSPS) is 12.7. The van der Waals surface area contributed by atoms with Crippen LogP contribution in [0.2, 0.25) is 0 Å². The Balaban J connectivity index is 1.95. The summed E-state index contributed by atoms with van der Waals surface area (Å²) in [7, 11) is 1.68. The number of primary amides is 1. The Labute approximate surface area is 216 Å². The summed E-state index contributed by atoms with van der Waals surface area (Å²) in [4.78, 5) is 34.8. The number of unbranched alkanes of at least 4 members (excludes halogenated alkanes) is 1. The summed E-state index contributed by atoms with van der Waals surface area (Å²) in [6.45, 7) is 1.70. The van der Waals surface area contributed by atoms with Gasteiger partial charge in [0.2, 0.25) is 17.7 Å². The summed E-state index contributed by atoms with van der Waals surface area (Å²) < 4.78 is 17.1. The first kappa shape index (κ1) is 32.3. The lowest BCUT2D eigenvalue weighted by molar-refractivity contribution is -0.126. The lowest BCUT2D eigenvalue weighted by atomic mass is 10.1. The highest BCUT2D eigenvalue weighted by Gasteiger charge is 2.11. The summed E-state index contributed by atoms with van der Waals surface area (Å²) in [6.07, 6.45) is 3.26. The number of aromatic nitrogens is 3. The predicted molar refractivity (Wildman–Crippen MR) is 131 cm³/mol. The molecule has 15 nitrogen and oxygen atoms in total.